The summed E-state index contributed by atoms with van der Waals surface area (Å²) in [6.07, 6.45) is 1.63. The van der Waals surface area contributed by atoms with Crippen LogP contribution in [0.5, 0.6) is 17.2 Å². The Labute approximate surface area is 217 Å². The number of amides is 2. The van der Waals surface area contributed by atoms with Crippen LogP contribution in [0.4, 0.5) is 9.18 Å². The van der Waals surface area contributed by atoms with Crippen molar-refractivity contribution in [2.24, 2.45) is 0 Å². The first-order valence-corrected chi connectivity index (χ1v) is 12.4. The first kappa shape index (κ1) is 25.6. The summed E-state index contributed by atoms with van der Waals surface area (Å²) in [6, 6.07) is 18.7. The van der Waals surface area contributed by atoms with Crippen molar-refractivity contribution in [3.63, 3.8) is 0 Å². The van der Waals surface area contributed by atoms with Gasteiger partial charge in [-0.2, -0.15) is 0 Å². The Morgan fingerprint density at radius 2 is 1.78 bits per heavy atom. The Bertz CT molecular complexity index is 1260. The first-order valence-electron chi connectivity index (χ1n) is 11.2. The summed E-state index contributed by atoms with van der Waals surface area (Å²) in [6.45, 7) is 2.47. The fourth-order valence-electron chi connectivity index (χ4n) is 3.44. The highest BCUT2D eigenvalue weighted by atomic mass is 35.5. The Morgan fingerprint density at radius 3 is 2.53 bits per heavy atom. The Kier molecular flexibility index (Phi) is 8.51. The summed E-state index contributed by atoms with van der Waals surface area (Å²) < 4.78 is 31.2. The Balaban J connectivity index is 1.44. The van der Waals surface area contributed by atoms with E-state index in [0.29, 0.717) is 34.3 Å². The molecule has 0 saturated carbocycles. The van der Waals surface area contributed by atoms with Gasteiger partial charge in [0.15, 0.2) is 11.5 Å². The van der Waals surface area contributed by atoms with Crippen LogP contribution >= 0.6 is 23.4 Å². The van der Waals surface area contributed by atoms with Crippen molar-refractivity contribution >= 4 is 40.6 Å². The van der Waals surface area contributed by atoms with Crippen molar-refractivity contribution in [3.05, 3.63) is 93.6 Å². The average Bonchev–Trinajstić information content (AvgIpc) is 3.13. The summed E-state index contributed by atoms with van der Waals surface area (Å²) in [5, 5.41) is -0.0795. The molecule has 0 atom stereocenters. The fourth-order valence-corrected chi connectivity index (χ4v) is 4.52. The van der Waals surface area contributed by atoms with Gasteiger partial charge in [0.25, 0.3) is 11.1 Å². The summed E-state index contributed by atoms with van der Waals surface area (Å²) in [5.41, 5.74) is 0.899. The van der Waals surface area contributed by atoms with Gasteiger partial charge >= 0.3 is 0 Å². The molecule has 1 aliphatic rings. The molecule has 186 valence electrons. The van der Waals surface area contributed by atoms with E-state index in [1.807, 2.05) is 37.3 Å². The van der Waals surface area contributed by atoms with Gasteiger partial charge in [-0.25, -0.2) is 4.39 Å². The molecule has 1 aliphatic heterocycles. The van der Waals surface area contributed by atoms with E-state index < -0.39 is 5.82 Å². The number of benzene rings is 3. The normalized spacial score (nSPS) is 14.4. The van der Waals surface area contributed by atoms with E-state index in [1.54, 1.807) is 30.3 Å². The van der Waals surface area contributed by atoms with Crippen LogP contribution in [0.25, 0.3) is 6.08 Å². The van der Waals surface area contributed by atoms with Gasteiger partial charge in [0.2, 0.25) is 0 Å². The van der Waals surface area contributed by atoms with Crippen molar-refractivity contribution in [1.29, 1.82) is 0 Å². The molecule has 36 heavy (non-hydrogen) atoms. The quantitative estimate of drug-likeness (QED) is 0.278. The number of carbonyl (C=O) groups is 2. The molecule has 6 nitrogen and oxygen atoms in total. The number of nitrogens with zero attached hydrogens (tertiary/aromatic N) is 1. The van der Waals surface area contributed by atoms with Crippen LogP contribution < -0.4 is 14.2 Å². The first-order chi connectivity index (χ1) is 17.5. The van der Waals surface area contributed by atoms with Gasteiger partial charge in [-0.3, -0.25) is 14.5 Å². The molecule has 3 aromatic rings. The minimum absolute atomic E-state index is 0.0745. The lowest BCUT2D eigenvalue weighted by Gasteiger charge is -2.14. The van der Waals surface area contributed by atoms with Crippen LogP contribution in [0, 0.1) is 5.82 Å². The van der Waals surface area contributed by atoms with Crippen LogP contribution in [0.3, 0.4) is 0 Å². The zero-order chi connectivity index (χ0) is 25.5. The molecule has 3 aromatic carbocycles. The predicted molar refractivity (Wildman–Crippen MR) is 138 cm³/mol. The second-order valence-electron chi connectivity index (χ2n) is 7.62. The number of halogens is 2. The Hall–Kier alpha value is -3.49. The second-order valence-corrected chi connectivity index (χ2v) is 9.02. The molecule has 0 spiro atoms. The maximum absolute atomic E-state index is 14.1. The van der Waals surface area contributed by atoms with Gasteiger partial charge in [-0.05, 0) is 66.7 Å². The zero-order valence-electron chi connectivity index (χ0n) is 19.4. The van der Waals surface area contributed by atoms with Crippen LogP contribution in [-0.4, -0.2) is 35.8 Å². The molecule has 4 rings (SSSR count). The third kappa shape index (κ3) is 6.19. The number of ether oxygens (including phenoxy) is 3. The van der Waals surface area contributed by atoms with Crippen LogP contribution in [0.2, 0.25) is 5.02 Å². The molecule has 0 N–H and O–H groups in total. The summed E-state index contributed by atoms with van der Waals surface area (Å²) >= 11 is 6.96. The van der Waals surface area contributed by atoms with E-state index in [-0.39, 0.29) is 41.5 Å². The minimum Gasteiger partial charge on any atom is -0.492 e. The zero-order valence-corrected chi connectivity index (χ0v) is 21.0. The topological polar surface area (TPSA) is 65.1 Å². The van der Waals surface area contributed by atoms with Crippen molar-refractivity contribution in [1.82, 2.24) is 4.90 Å². The number of carbonyl (C=O) groups excluding carboxylic acids is 2. The van der Waals surface area contributed by atoms with E-state index in [9.17, 15) is 14.0 Å². The van der Waals surface area contributed by atoms with Crippen LogP contribution in [-0.2, 0) is 11.4 Å². The number of hydrogen-bond acceptors (Lipinski definition) is 6. The average molecular weight is 528 g/mol. The molecule has 1 saturated heterocycles. The monoisotopic (exact) mass is 527 g/mol. The predicted octanol–water partition coefficient (Wildman–Crippen LogP) is 6.57. The number of hydrogen-bond donors (Lipinski definition) is 0. The van der Waals surface area contributed by atoms with Gasteiger partial charge in [0, 0.05) is 5.56 Å². The lowest BCUT2D eigenvalue weighted by molar-refractivity contribution is -0.123. The second kappa shape index (κ2) is 12.0. The minimum atomic E-state index is -0.457. The highest BCUT2D eigenvalue weighted by Gasteiger charge is 2.34. The highest BCUT2D eigenvalue weighted by molar-refractivity contribution is 8.18. The van der Waals surface area contributed by atoms with Crippen LogP contribution in [0.1, 0.15) is 18.1 Å². The molecular weight excluding hydrogens is 505 g/mol. The molecule has 9 heteroatoms. The molecule has 0 bridgehead atoms. The summed E-state index contributed by atoms with van der Waals surface area (Å²) in [7, 11) is 0. The largest absolute Gasteiger partial charge is 0.492 e. The number of para-hydroxylation sites is 1. The molecule has 0 aliphatic carbocycles. The maximum atomic E-state index is 14.1. The molecule has 0 unspecified atom stereocenters. The third-order valence-corrected chi connectivity index (χ3v) is 6.46. The molecule has 1 fully saturated rings. The smallest absolute Gasteiger partial charge is 0.293 e. The van der Waals surface area contributed by atoms with E-state index >= 15 is 0 Å². The number of imide groups is 1. The standard InChI is InChI=1S/C27H23ClFNO5S/c1-2-33-24-15-18(11-12-23(24)35-17-20-21(28)9-6-10-22(20)29)16-25-26(31)30(27(32)36-25)13-14-34-19-7-4-3-5-8-19/h3-12,15-16H,2,13-14,17H2,1H3/b25-16-. The highest BCUT2D eigenvalue weighted by Crippen LogP contribution is 2.35. The van der Waals surface area contributed by atoms with E-state index in [2.05, 4.69) is 0 Å². The van der Waals surface area contributed by atoms with Gasteiger partial charge in [0.1, 0.15) is 24.8 Å². The molecular formula is C27H23ClFNO5S. The molecule has 0 aromatic heterocycles. The number of thioether (sulfide) groups is 1. The SMILES string of the molecule is CCOc1cc(/C=C2\SC(=O)N(CCOc3ccccc3)C2=O)ccc1OCc1c(F)cccc1Cl. The third-order valence-electron chi connectivity index (χ3n) is 5.20. The number of rotatable bonds is 10. The maximum Gasteiger partial charge on any atom is 0.293 e. The van der Waals surface area contributed by atoms with Crippen molar-refractivity contribution in [3.8, 4) is 17.2 Å². The van der Waals surface area contributed by atoms with Crippen molar-refractivity contribution < 1.29 is 28.2 Å². The summed E-state index contributed by atoms with van der Waals surface area (Å²) in [4.78, 5) is 26.7. The van der Waals surface area contributed by atoms with E-state index in [1.165, 1.54) is 17.0 Å². The van der Waals surface area contributed by atoms with Gasteiger partial charge < -0.3 is 14.2 Å². The van der Waals surface area contributed by atoms with Gasteiger partial charge in [-0.1, -0.05) is 41.9 Å². The Morgan fingerprint density at radius 1 is 0.972 bits per heavy atom. The van der Waals surface area contributed by atoms with Crippen LogP contribution in [0.15, 0.2) is 71.6 Å². The fraction of sp³-hybridized carbons (Fsp3) is 0.185. The van der Waals surface area contributed by atoms with Gasteiger partial charge in [-0.15, -0.1) is 0 Å². The van der Waals surface area contributed by atoms with Crippen molar-refractivity contribution in [2.45, 2.75) is 13.5 Å². The lowest BCUT2D eigenvalue weighted by Crippen LogP contribution is -2.32. The molecule has 2 amide bonds. The molecule has 1 heterocycles. The van der Waals surface area contributed by atoms with Gasteiger partial charge in [0.05, 0.1) is 23.1 Å². The van der Waals surface area contributed by atoms with E-state index in [0.717, 1.165) is 11.8 Å². The van der Waals surface area contributed by atoms with Crippen molar-refractivity contribution in [2.75, 3.05) is 19.8 Å². The van der Waals surface area contributed by atoms with E-state index in [4.69, 9.17) is 25.8 Å². The molecule has 0 radical (unpaired) electrons. The summed E-state index contributed by atoms with van der Waals surface area (Å²) in [5.74, 6) is 0.660. The lowest BCUT2D eigenvalue weighted by atomic mass is 10.1.